The van der Waals surface area contributed by atoms with Crippen LogP contribution in [0.25, 0.3) is 0 Å². The van der Waals surface area contributed by atoms with Crippen LogP contribution in [0.4, 0.5) is 0 Å². The van der Waals surface area contributed by atoms with E-state index in [1.807, 2.05) is 0 Å². The SMILES string of the molecule is CC1CCC(CCC2CC=C(CCCCOCCCCC3=CCC(CCC4CCC(C)CC4)CC3)CC2)CC1. The van der Waals surface area contributed by atoms with E-state index >= 15 is 0 Å². The normalized spacial score (nSPS) is 32.1. The van der Waals surface area contributed by atoms with Crippen LogP contribution in [0.15, 0.2) is 23.3 Å². The molecule has 4 aliphatic carbocycles. The van der Waals surface area contributed by atoms with Gasteiger partial charge in [0.05, 0.1) is 0 Å². The first-order chi connectivity index (χ1) is 19.1. The summed E-state index contributed by atoms with van der Waals surface area (Å²) in [4.78, 5) is 0. The molecule has 0 aromatic rings. The van der Waals surface area contributed by atoms with Crippen molar-refractivity contribution in [3.63, 3.8) is 0 Å². The van der Waals surface area contributed by atoms with Crippen molar-refractivity contribution in [1.82, 2.24) is 0 Å². The van der Waals surface area contributed by atoms with E-state index in [1.165, 1.54) is 154 Å². The fourth-order valence-electron chi connectivity index (χ4n) is 8.26. The molecular formula is C38H66O. The van der Waals surface area contributed by atoms with Gasteiger partial charge in [-0.3, -0.25) is 0 Å². The molecule has 39 heavy (non-hydrogen) atoms. The molecule has 1 nitrogen and oxygen atoms in total. The molecule has 0 radical (unpaired) electrons. The van der Waals surface area contributed by atoms with Crippen LogP contribution >= 0.6 is 0 Å². The molecule has 1 heteroatoms. The Hall–Kier alpha value is -0.560. The van der Waals surface area contributed by atoms with Crippen LogP contribution in [0.5, 0.6) is 0 Å². The zero-order valence-electron chi connectivity index (χ0n) is 26.4. The predicted octanol–water partition coefficient (Wildman–Crippen LogP) is 12.0. The summed E-state index contributed by atoms with van der Waals surface area (Å²) in [5.74, 6) is 6.06. The summed E-state index contributed by atoms with van der Waals surface area (Å²) < 4.78 is 6.00. The Morgan fingerprint density at radius 1 is 0.513 bits per heavy atom. The first-order valence-electron chi connectivity index (χ1n) is 18.1. The van der Waals surface area contributed by atoms with Gasteiger partial charge in [-0.15, -0.1) is 0 Å². The maximum Gasteiger partial charge on any atom is 0.0466 e. The van der Waals surface area contributed by atoms with Gasteiger partial charge in [-0.05, 0) is 125 Å². The van der Waals surface area contributed by atoms with E-state index in [-0.39, 0.29) is 0 Å². The molecule has 224 valence electrons. The Bertz CT molecular complexity index is 642. The van der Waals surface area contributed by atoms with Crippen molar-refractivity contribution in [3.8, 4) is 0 Å². The summed E-state index contributed by atoms with van der Waals surface area (Å²) in [5, 5.41) is 0. The highest BCUT2D eigenvalue weighted by Gasteiger charge is 2.22. The fourth-order valence-corrected chi connectivity index (χ4v) is 8.26. The van der Waals surface area contributed by atoms with Crippen molar-refractivity contribution in [2.75, 3.05) is 13.2 Å². The minimum Gasteiger partial charge on any atom is -0.381 e. The van der Waals surface area contributed by atoms with Crippen molar-refractivity contribution >= 4 is 0 Å². The molecule has 0 amide bonds. The van der Waals surface area contributed by atoms with Crippen molar-refractivity contribution in [2.45, 2.75) is 168 Å². The summed E-state index contributed by atoms with van der Waals surface area (Å²) in [6, 6.07) is 0. The second-order valence-electron chi connectivity index (χ2n) is 14.9. The molecule has 0 heterocycles. The molecule has 0 bridgehead atoms. The van der Waals surface area contributed by atoms with E-state index in [0.717, 1.165) is 48.7 Å². The van der Waals surface area contributed by atoms with Gasteiger partial charge < -0.3 is 4.74 Å². The molecule has 0 N–H and O–H groups in total. The quantitative estimate of drug-likeness (QED) is 0.140. The van der Waals surface area contributed by atoms with Crippen LogP contribution < -0.4 is 0 Å². The van der Waals surface area contributed by atoms with E-state index < -0.39 is 0 Å². The van der Waals surface area contributed by atoms with Gasteiger partial charge in [0, 0.05) is 13.2 Å². The van der Waals surface area contributed by atoms with Crippen LogP contribution in [0.1, 0.15) is 168 Å². The Morgan fingerprint density at radius 3 is 1.31 bits per heavy atom. The average molecular weight is 539 g/mol. The lowest BCUT2D eigenvalue weighted by atomic mass is 9.78. The standard InChI is InChI=1S/C38H66O/c1-31-9-13-35(14-10-31)25-27-37-21-17-33(18-22-37)7-3-5-29-39-30-6-4-8-34-19-23-38(24-20-34)28-26-36-15-11-32(2)12-16-36/h17,19,31-32,35-38H,3-16,18,20-30H2,1-2H3. The molecule has 0 aromatic heterocycles. The van der Waals surface area contributed by atoms with Gasteiger partial charge in [-0.1, -0.05) is 101 Å². The number of ether oxygens (including phenoxy) is 1. The van der Waals surface area contributed by atoms with Crippen LogP contribution in [0.2, 0.25) is 0 Å². The monoisotopic (exact) mass is 539 g/mol. The van der Waals surface area contributed by atoms with Gasteiger partial charge in [0.15, 0.2) is 0 Å². The highest BCUT2D eigenvalue weighted by atomic mass is 16.5. The molecular weight excluding hydrogens is 472 g/mol. The van der Waals surface area contributed by atoms with E-state index in [4.69, 9.17) is 4.74 Å². The first kappa shape index (κ1) is 31.4. The maximum absolute atomic E-state index is 6.00. The number of hydrogen-bond acceptors (Lipinski definition) is 1. The molecule has 0 aromatic carbocycles. The van der Waals surface area contributed by atoms with E-state index in [0.29, 0.717) is 0 Å². The van der Waals surface area contributed by atoms with Crippen molar-refractivity contribution in [1.29, 1.82) is 0 Å². The van der Waals surface area contributed by atoms with Gasteiger partial charge in [0.2, 0.25) is 0 Å². The van der Waals surface area contributed by atoms with Crippen LogP contribution in [-0.4, -0.2) is 13.2 Å². The smallest absolute Gasteiger partial charge is 0.0466 e. The largest absolute Gasteiger partial charge is 0.381 e. The summed E-state index contributed by atoms with van der Waals surface area (Å²) in [6.45, 7) is 6.83. The molecule has 2 unspecified atom stereocenters. The zero-order valence-corrected chi connectivity index (χ0v) is 26.4. The fraction of sp³-hybridized carbons (Fsp3) is 0.895. The summed E-state index contributed by atoms with van der Waals surface area (Å²) in [5.41, 5.74) is 3.51. The van der Waals surface area contributed by atoms with Gasteiger partial charge in [0.1, 0.15) is 0 Å². The first-order valence-corrected chi connectivity index (χ1v) is 18.1. The molecule has 0 saturated heterocycles. The number of allylic oxidation sites excluding steroid dienone is 4. The van der Waals surface area contributed by atoms with Gasteiger partial charge in [-0.2, -0.15) is 0 Å². The Morgan fingerprint density at radius 2 is 0.923 bits per heavy atom. The molecule has 2 atom stereocenters. The van der Waals surface area contributed by atoms with E-state index in [1.54, 1.807) is 11.1 Å². The van der Waals surface area contributed by atoms with Crippen LogP contribution in [0, 0.1) is 35.5 Å². The van der Waals surface area contributed by atoms with Crippen LogP contribution in [-0.2, 0) is 4.74 Å². The van der Waals surface area contributed by atoms with Gasteiger partial charge >= 0.3 is 0 Å². The second-order valence-corrected chi connectivity index (χ2v) is 14.9. The summed E-state index contributed by atoms with van der Waals surface area (Å²) in [6.07, 6.45) is 39.4. The minimum absolute atomic E-state index is 0.972. The molecule has 2 fully saturated rings. The third-order valence-electron chi connectivity index (χ3n) is 11.5. The lowest BCUT2D eigenvalue weighted by molar-refractivity contribution is 0.126. The maximum atomic E-state index is 6.00. The lowest BCUT2D eigenvalue weighted by Gasteiger charge is -2.28. The Balaban J connectivity index is 0.924. The van der Waals surface area contributed by atoms with Gasteiger partial charge in [-0.25, -0.2) is 0 Å². The van der Waals surface area contributed by atoms with Crippen molar-refractivity contribution < 1.29 is 4.74 Å². The van der Waals surface area contributed by atoms with E-state index in [9.17, 15) is 0 Å². The third-order valence-corrected chi connectivity index (χ3v) is 11.5. The number of hydrogen-bond donors (Lipinski definition) is 0. The van der Waals surface area contributed by atoms with Crippen molar-refractivity contribution in [3.05, 3.63) is 23.3 Å². The Kier molecular flexibility index (Phi) is 14.5. The summed E-state index contributed by atoms with van der Waals surface area (Å²) >= 11 is 0. The topological polar surface area (TPSA) is 9.23 Å². The Labute approximate surface area is 244 Å². The zero-order chi connectivity index (χ0) is 27.1. The molecule has 2 saturated carbocycles. The summed E-state index contributed by atoms with van der Waals surface area (Å²) in [7, 11) is 0. The number of unbranched alkanes of at least 4 members (excludes halogenated alkanes) is 2. The van der Waals surface area contributed by atoms with Crippen molar-refractivity contribution in [2.24, 2.45) is 35.5 Å². The predicted molar refractivity (Wildman–Crippen MR) is 170 cm³/mol. The minimum atomic E-state index is 0.972. The average Bonchev–Trinajstić information content (AvgIpc) is 2.97. The highest BCUT2D eigenvalue weighted by molar-refractivity contribution is 5.07. The molecule has 0 spiro atoms. The molecule has 0 aliphatic heterocycles. The highest BCUT2D eigenvalue weighted by Crippen LogP contribution is 2.37. The van der Waals surface area contributed by atoms with Crippen LogP contribution in [0.3, 0.4) is 0 Å². The third kappa shape index (κ3) is 12.5. The molecule has 4 aliphatic rings. The van der Waals surface area contributed by atoms with E-state index in [2.05, 4.69) is 26.0 Å². The molecule has 4 rings (SSSR count). The van der Waals surface area contributed by atoms with Gasteiger partial charge in [0.25, 0.3) is 0 Å². The second kappa shape index (κ2) is 18.1. The lowest BCUT2D eigenvalue weighted by Crippen LogP contribution is -2.14. The number of rotatable bonds is 16.